The van der Waals surface area contributed by atoms with Gasteiger partial charge in [-0.1, -0.05) is 72.8 Å². The Bertz CT molecular complexity index is 1580. The number of carbonyl (C=O) groups excluding carboxylic acids is 1. The van der Waals surface area contributed by atoms with E-state index in [1.54, 1.807) is 30.3 Å². The standard InChI is InChI=1S/C31H31N3O6S/c1-38-29-18-17-27(19-30(29)39-2)41(36,37)34(21-24-11-5-3-6-12-24)22-31(35)33-32-20-26-15-9-10-16-28(26)40-23-25-13-7-4-8-14-25/h3-20H,21-23H2,1-2H3,(H,33,35). The zero-order chi connectivity index (χ0) is 29.1. The van der Waals surface area contributed by atoms with E-state index in [2.05, 4.69) is 10.5 Å². The van der Waals surface area contributed by atoms with E-state index in [1.165, 1.54) is 38.6 Å². The van der Waals surface area contributed by atoms with Crippen LogP contribution in [0.2, 0.25) is 0 Å². The molecule has 212 valence electrons. The summed E-state index contributed by atoms with van der Waals surface area (Å²) in [5.74, 6) is 0.636. The van der Waals surface area contributed by atoms with Gasteiger partial charge in [0.05, 0.1) is 31.9 Å². The predicted octanol–water partition coefficient (Wildman–Crippen LogP) is 4.62. The molecular weight excluding hydrogens is 542 g/mol. The van der Waals surface area contributed by atoms with Gasteiger partial charge in [0.25, 0.3) is 5.91 Å². The van der Waals surface area contributed by atoms with Crippen molar-refractivity contribution in [2.75, 3.05) is 20.8 Å². The Morgan fingerprint density at radius 2 is 1.44 bits per heavy atom. The topological polar surface area (TPSA) is 107 Å². The van der Waals surface area contributed by atoms with Crippen LogP contribution in [0.1, 0.15) is 16.7 Å². The van der Waals surface area contributed by atoms with Gasteiger partial charge in [-0.25, -0.2) is 13.8 Å². The predicted molar refractivity (Wildman–Crippen MR) is 157 cm³/mol. The summed E-state index contributed by atoms with van der Waals surface area (Å²) in [6.07, 6.45) is 1.46. The maximum Gasteiger partial charge on any atom is 0.255 e. The number of benzene rings is 4. The molecule has 10 heteroatoms. The first-order valence-electron chi connectivity index (χ1n) is 12.7. The highest BCUT2D eigenvalue weighted by atomic mass is 32.2. The van der Waals surface area contributed by atoms with Gasteiger partial charge < -0.3 is 14.2 Å². The Morgan fingerprint density at radius 1 is 0.805 bits per heavy atom. The van der Waals surface area contributed by atoms with E-state index in [4.69, 9.17) is 14.2 Å². The molecule has 0 saturated carbocycles. The zero-order valence-electron chi connectivity index (χ0n) is 22.8. The van der Waals surface area contributed by atoms with Crippen LogP contribution >= 0.6 is 0 Å². The van der Waals surface area contributed by atoms with Gasteiger partial charge in [0.1, 0.15) is 12.4 Å². The molecule has 0 aliphatic carbocycles. The normalized spacial score (nSPS) is 11.4. The second-order valence-corrected chi connectivity index (χ2v) is 10.8. The van der Waals surface area contributed by atoms with Crippen LogP contribution in [0.25, 0.3) is 0 Å². The van der Waals surface area contributed by atoms with E-state index < -0.39 is 22.5 Å². The molecule has 0 heterocycles. The summed E-state index contributed by atoms with van der Waals surface area (Å²) in [6.45, 7) is -0.111. The fraction of sp³-hybridized carbons (Fsp3) is 0.161. The minimum atomic E-state index is -4.10. The van der Waals surface area contributed by atoms with Crippen LogP contribution in [0.4, 0.5) is 0 Å². The van der Waals surface area contributed by atoms with E-state index in [1.807, 2.05) is 54.6 Å². The first-order valence-corrected chi connectivity index (χ1v) is 14.2. The van der Waals surface area contributed by atoms with Gasteiger partial charge in [-0.2, -0.15) is 9.41 Å². The van der Waals surface area contributed by atoms with Crippen molar-refractivity contribution in [3.05, 3.63) is 120 Å². The number of nitrogens with zero attached hydrogens (tertiary/aromatic N) is 2. The van der Waals surface area contributed by atoms with Crippen LogP contribution in [0.3, 0.4) is 0 Å². The second-order valence-electron chi connectivity index (χ2n) is 8.88. The van der Waals surface area contributed by atoms with Gasteiger partial charge in [0.15, 0.2) is 11.5 Å². The lowest BCUT2D eigenvalue weighted by atomic mass is 10.2. The smallest absolute Gasteiger partial charge is 0.255 e. The molecule has 4 aromatic carbocycles. The van der Waals surface area contributed by atoms with E-state index >= 15 is 0 Å². The molecule has 0 saturated heterocycles. The highest BCUT2D eigenvalue weighted by Gasteiger charge is 2.28. The number of hydrogen-bond acceptors (Lipinski definition) is 7. The molecule has 0 aliphatic heterocycles. The first-order chi connectivity index (χ1) is 19.9. The summed E-state index contributed by atoms with van der Waals surface area (Å²) in [5, 5.41) is 4.06. The summed E-state index contributed by atoms with van der Waals surface area (Å²) in [7, 11) is -1.22. The SMILES string of the molecule is COc1ccc(S(=O)(=O)N(CC(=O)NN=Cc2ccccc2OCc2ccccc2)Cc2ccccc2)cc1OC. The Hall–Kier alpha value is -4.67. The maximum atomic E-state index is 13.7. The number of nitrogens with one attached hydrogen (secondary N) is 1. The van der Waals surface area contributed by atoms with Crippen molar-refractivity contribution in [1.29, 1.82) is 0 Å². The molecular formula is C31H31N3O6S. The van der Waals surface area contributed by atoms with Crippen molar-refractivity contribution in [3.63, 3.8) is 0 Å². The summed E-state index contributed by atoms with van der Waals surface area (Å²) >= 11 is 0. The van der Waals surface area contributed by atoms with Crippen LogP contribution in [-0.2, 0) is 28.0 Å². The molecule has 1 N–H and O–H groups in total. The highest BCUT2D eigenvalue weighted by Crippen LogP contribution is 2.31. The number of sulfonamides is 1. The molecule has 0 fully saturated rings. The molecule has 4 rings (SSSR count). The number of rotatable bonds is 13. The number of methoxy groups -OCH3 is 2. The monoisotopic (exact) mass is 573 g/mol. The molecule has 9 nitrogen and oxygen atoms in total. The molecule has 4 aromatic rings. The molecule has 0 atom stereocenters. The molecule has 0 radical (unpaired) electrons. The minimum absolute atomic E-state index is 0.0230. The van der Waals surface area contributed by atoms with Crippen LogP contribution < -0.4 is 19.6 Å². The van der Waals surface area contributed by atoms with Gasteiger partial charge in [-0.3, -0.25) is 4.79 Å². The third-order valence-electron chi connectivity index (χ3n) is 6.06. The molecule has 0 aliphatic rings. The molecule has 1 amide bonds. The Morgan fingerprint density at radius 3 is 2.12 bits per heavy atom. The van der Waals surface area contributed by atoms with Gasteiger partial charge >= 0.3 is 0 Å². The van der Waals surface area contributed by atoms with E-state index in [0.717, 1.165) is 15.4 Å². The number of hydrazone groups is 1. The summed E-state index contributed by atoms with van der Waals surface area (Å²) < 4.78 is 44.9. The van der Waals surface area contributed by atoms with Crippen LogP contribution in [-0.4, -0.2) is 45.6 Å². The van der Waals surface area contributed by atoms with Crippen molar-refractivity contribution in [2.45, 2.75) is 18.0 Å². The maximum absolute atomic E-state index is 13.7. The quantitative estimate of drug-likeness (QED) is 0.185. The van der Waals surface area contributed by atoms with E-state index in [0.29, 0.717) is 23.7 Å². The number of para-hydroxylation sites is 1. The third-order valence-corrected chi connectivity index (χ3v) is 7.85. The zero-order valence-corrected chi connectivity index (χ0v) is 23.6. The fourth-order valence-electron chi connectivity index (χ4n) is 3.96. The lowest BCUT2D eigenvalue weighted by molar-refractivity contribution is -0.121. The minimum Gasteiger partial charge on any atom is -0.493 e. The Labute approximate surface area is 240 Å². The van der Waals surface area contributed by atoms with E-state index in [9.17, 15) is 13.2 Å². The fourth-order valence-corrected chi connectivity index (χ4v) is 5.36. The lowest BCUT2D eigenvalue weighted by Gasteiger charge is -2.22. The van der Waals surface area contributed by atoms with Gasteiger partial charge in [-0.05, 0) is 35.4 Å². The van der Waals surface area contributed by atoms with Gasteiger partial charge in [-0.15, -0.1) is 0 Å². The second kappa shape index (κ2) is 14.1. The average Bonchev–Trinajstić information content (AvgIpc) is 3.01. The summed E-state index contributed by atoms with van der Waals surface area (Å²) in [5.41, 5.74) is 4.83. The Balaban J connectivity index is 1.49. The van der Waals surface area contributed by atoms with Gasteiger partial charge in [0, 0.05) is 18.2 Å². The molecule has 0 unspecified atom stereocenters. The molecule has 0 aromatic heterocycles. The average molecular weight is 574 g/mol. The van der Waals surface area contributed by atoms with Crippen molar-refractivity contribution >= 4 is 22.1 Å². The van der Waals surface area contributed by atoms with E-state index in [-0.39, 0.29) is 17.2 Å². The first kappa shape index (κ1) is 29.3. The Kier molecular flexibility index (Phi) is 10.1. The number of carbonyl (C=O) groups is 1. The van der Waals surface area contributed by atoms with Crippen molar-refractivity contribution in [1.82, 2.24) is 9.73 Å². The van der Waals surface area contributed by atoms with Crippen LogP contribution in [0.15, 0.2) is 113 Å². The number of hydrogen-bond donors (Lipinski definition) is 1. The summed E-state index contributed by atoms with van der Waals surface area (Å²) in [6, 6.07) is 30.3. The largest absolute Gasteiger partial charge is 0.493 e. The van der Waals surface area contributed by atoms with Crippen LogP contribution in [0.5, 0.6) is 17.2 Å². The number of ether oxygens (including phenoxy) is 3. The molecule has 0 bridgehead atoms. The van der Waals surface area contributed by atoms with Crippen LogP contribution in [0, 0.1) is 0 Å². The van der Waals surface area contributed by atoms with Crippen molar-refractivity contribution in [2.24, 2.45) is 5.10 Å². The number of amides is 1. The molecule has 0 spiro atoms. The van der Waals surface area contributed by atoms with Gasteiger partial charge in [0.2, 0.25) is 10.0 Å². The van der Waals surface area contributed by atoms with Crippen molar-refractivity contribution < 1.29 is 27.4 Å². The summed E-state index contributed by atoms with van der Waals surface area (Å²) in [4.78, 5) is 12.9. The highest BCUT2D eigenvalue weighted by molar-refractivity contribution is 7.89. The molecule has 41 heavy (non-hydrogen) atoms. The third kappa shape index (κ3) is 7.93. The van der Waals surface area contributed by atoms with Crippen molar-refractivity contribution in [3.8, 4) is 17.2 Å². The lowest BCUT2D eigenvalue weighted by Crippen LogP contribution is -2.39.